The van der Waals surface area contributed by atoms with Gasteiger partial charge in [0.25, 0.3) is 5.91 Å². The number of likely N-dealkylation sites (N-methyl/N-ethyl adjacent to an activating group) is 1. The van der Waals surface area contributed by atoms with E-state index >= 15 is 0 Å². The Kier molecular flexibility index (Phi) is 4.07. The molecular formula is C26H21ClN2O3. The number of hydrogen-bond donors (Lipinski definition) is 1. The first-order chi connectivity index (χ1) is 15.4. The van der Waals surface area contributed by atoms with Gasteiger partial charge in [-0.15, -0.1) is 0 Å². The summed E-state index contributed by atoms with van der Waals surface area (Å²) in [6, 6.07) is 20.6. The van der Waals surface area contributed by atoms with E-state index in [4.69, 9.17) is 16.3 Å². The molecule has 0 bridgehead atoms. The van der Waals surface area contributed by atoms with Crippen molar-refractivity contribution in [2.24, 2.45) is 5.92 Å². The molecule has 6 rings (SSSR count). The maximum Gasteiger partial charge on any atom is 0.317 e. The van der Waals surface area contributed by atoms with Crippen LogP contribution in [-0.2, 0) is 15.1 Å². The highest BCUT2D eigenvalue weighted by atomic mass is 35.5. The topological polar surface area (TPSA) is 58.6 Å². The second-order valence-electron chi connectivity index (χ2n) is 8.83. The van der Waals surface area contributed by atoms with Crippen molar-refractivity contribution < 1.29 is 14.3 Å². The first-order valence-electron chi connectivity index (χ1n) is 10.6. The number of fused-ring (bicyclic) bond motifs is 6. The molecule has 0 unspecified atom stereocenters. The average Bonchev–Trinajstić information content (AvgIpc) is 3.25. The molecule has 3 aromatic carbocycles. The number of rotatable bonds is 1. The summed E-state index contributed by atoms with van der Waals surface area (Å²) in [6.07, 6.45) is 0. The van der Waals surface area contributed by atoms with E-state index in [1.165, 1.54) is 0 Å². The molecule has 1 fully saturated rings. The Bertz CT molecular complexity index is 1290. The van der Waals surface area contributed by atoms with Crippen molar-refractivity contribution in [3.63, 3.8) is 0 Å². The Labute approximate surface area is 190 Å². The third-order valence-corrected chi connectivity index (χ3v) is 7.37. The van der Waals surface area contributed by atoms with Gasteiger partial charge in [0.2, 0.25) is 0 Å². The van der Waals surface area contributed by atoms with Gasteiger partial charge in [0.15, 0.2) is 0 Å². The lowest BCUT2D eigenvalue weighted by Crippen LogP contribution is -2.50. The van der Waals surface area contributed by atoms with Crippen LogP contribution >= 0.6 is 11.6 Å². The largest absolute Gasteiger partial charge is 0.426 e. The molecule has 3 aromatic rings. The van der Waals surface area contributed by atoms with E-state index in [1.807, 2.05) is 49.4 Å². The average molecular weight is 445 g/mol. The second-order valence-corrected chi connectivity index (χ2v) is 9.27. The van der Waals surface area contributed by atoms with Crippen LogP contribution in [0.25, 0.3) is 0 Å². The van der Waals surface area contributed by atoms with Crippen LogP contribution in [0.3, 0.4) is 0 Å². The summed E-state index contributed by atoms with van der Waals surface area (Å²) >= 11 is 6.13. The second kappa shape index (κ2) is 6.67. The number of benzene rings is 3. The maximum atomic E-state index is 14.0. The van der Waals surface area contributed by atoms with Gasteiger partial charge in [-0.3, -0.25) is 14.9 Å². The van der Waals surface area contributed by atoms with E-state index < -0.39 is 23.4 Å². The number of amides is 1. The molecule has 1 amide bonds. The predicted octanol–water partition coefficient (Wildman–Crippen LogP) is 4.48. The fourth-order valence-electron chi connectivity index (χ4n) is 5.74. The number of esters is 1. The maximum absolute atomic E-state index is 14.0. The number of nitrogens with zero attached hydrogens (tertiary/aromatic N) is 1. The Morgan fingerprint density at radius 3 is 2.56 bits per heavy atom. The van der Waals surface area contributed by atoms with Gasteiger partial charge in [-0.1, -0.05) is 59.6 Å². The summed E-state index contributed by atoms with van der Waals surface area (Å²) in [4.78, 5) is 29.1. The molecule has 3 heterocycles. The molecular weight excluding hydrogens is 424 g/mol. The van der Waals surface area contributed by atoms with Gasteiger partial charge in [-0.25, -0.2) is 0 Å². The Morgan fingerprint density at radius 1 is 1.03 bits per heavy atom. The number of carbonyl (C=O) groups is 2. The summed E-state index contributed by atoms with van der Waals surface area (Å²) in [7, 11) is 1.80. The van der Waals surface area contributed by atoms with Crippen molar-refractivity contribution in [3.05, 3.63) is 94.0 Å². The standard InChI is InChI=1S/C26H21ClN2O3/c1-14-7-12-19-18(13-14)26(25(31)29(19)2)22-17-5-3-4-6-20(17)32-24(30)21(22)23(28-26)15-8-10-16(27)11-9-15/h3-13,21-23,28H,1-2H3/t21-,22+,23+,26-/m0/s1. The quantitative estimate of drug-likeness (QED) is 0.444. The molecule has 1 N–H and O–H groups in total. The van der Waals surface area contributed by atoms with Crippen LogP contribution in [0.5, 0.6) is 5.75 Å². The molecule has 3 aliphatic heterocycles. The molecule has 1 spiro atoms. The highest BCUT2D eigenvalue weighted by molar-refractivity contribution is 6.30. The highest BCUT2D eigenvalue weighted by Gasteiger charge is 2.67. The van der Waals surface area contributed by atoms with Crippen LogP contribution in [-0.4, -0.2) is 18.9 Å². The molecule has 0 aliphatic carbocycles. The highest BCUT2D eigenvalue weighted by Crippen LogP contribution is 2.61. The Morgan fingerprint density at radius 2 is 1.78 bits per heavy atom. The lowest BCUT2D eigenvalue weighted by atomic mass is 9.70. The molecule has 0 aromatic heterocycles. The number of halogens is 1. The third-order valence-electron chi connectivity index (χ3n) is 7.11. The molecule has 0 radical (unpaired) electrons. The normalized spacial score (nSPS) is 27.8. The zero-order valence-corrected chi connectivity index (χ0v) is 18.4. The fourth-order valence-corrected chi connectivity index (χ4v) is 5.87. The number of ether oxygens (including phenoxy) is 1. The zero-order valence-electron chi connectivity index (χ0n) is 17.6. The van der Waals surface area contributed by atoms with E-state index in [1.54, 1.807) is 30.1 Å². The summed E-state index contributed by atoms with van der Waals surface area (Å²) in [5.74, 6) is -0.828. The number of nitrogens with one attached hydrogen (secondary N) is 1. The fraction of sp³-hybridized carbons (Fsp3) is 0.231. The number of anilines is 1. The van der Waals surface area contributed by atoms with Gasteiger partial charge in [-0.2, -0.15) is 0 Å². The molecule has 0 saturated carbocycles. The van der Waals surface area contributed by atoms with Gasteiger partial charge in [0.05, 0.1) is 5.92 Å². The van der Waals surface area contributed by atoms with E-state index in [9.17, 15) is 9.59 Å². The number of carbonyl (C=O) groups excluding carboxylic acids is 2. The van der Waals surface area contributed by atoms with Crippen LogP contribution in [0.2, 0.25) is 5.02 Å². The monoisotopic (exact) mass is 444 g/mol. The van der Waals surface area contributed by atoms with Crippen LogP contribution in [0.4, 0.5) is 5.69 Å². The number of para-hydroxylation sites is 1. The van der Waals surface area contributed by atoms with E-state index in [2.05, 4.69) is 11.4 Å². The molecule has 5 nitrogen and oxygen atoms in total. The van der Waals surface area contributed by atoms with E-state index in [-0.39, 0.29) is 11.9 Å². The minimum absolute atomic E-state index is 0.0610. The molecule has 32 heavy (non-hydrogen) atoms. The molecule has 6 heteroatoms. The Balaban J connectivity index is 1.64. The van der Waals surface area contributed by atoms with Crippen molar-refractivity contribution in [2.75, 3.05) is 11.9 Å². The van der Waals surface area contributed by atoms with Crippen LogP contribution in [0.15, 0.2) is 66.7 Å². The van der Waals surface area contributed by atoms with Crippen LogP contribution in [0, 0.1) is 12.8 Å². The van der Waals surface area contributed by atoms with Crippen molar-refractivity contribution in [1.29, 1.82) is 0 Å². The molecule has 3 aliphatic rings. The summed E-state index contributed by atoms with van der Waals surface area (Å²) in [6.45, 7) is 2.02. The molecule has 160 valence electrons. The van der Waals surface area contributed by atoms with Gasteiger partial charge >= 0.3 is 5.97 Å². The molecule has 4 atom stereocenters. The van der Waals surface area contributed by atoms with Crippen molar-refractivity contribution in [1.82, 2.24) is 5.32 Å². The minimum atomic E-state index is -1.07. The van der Waals surface area contributed by atoms with E-state index in [0.29, 0.717) is 10.8 Å². The van der Waals surface area contributed by atoms with Gasteiger partial charge in [0, 0.05) is 40.8 Å². The van der Waals surface area contributed by atoms with Crippen LogP contribution in [0.1, 0.15) is 34.2 Å². The lowest BCUT2D eigenvalue weighted by Gasteiger charge is -2.35. The summed E-state index contributed by atoms with van der Waals surface area (Å²) < 4.78 is 5.77. The van der Waals surface area contributed by atoms with Crippen molar-refractivity contribution in [3.8, 4) is 5.75 Å². The van der Waals surface area contributed by atoms with Gasteiger partial charge < -0.3 is 9.64 Å². The minimum Gasteiger partial charge on any atom is -0.426 e. The third kappa shape index (κ3) is 2.43. The van der Waals surface area contributed by atoms with Crippen molar-refractivity contribution >= 4 is 29.2 Å². The van der Waals surface area contributed by atoms with E-state index in [0.717, 1.165) is 27.9 Å². The molecule has 1 saturated heterocycles. The first-order valence-corrected chi connectivity index (χ1v) is 11.0. The zero-order chi connectivity index (χ0) is 22.2. The summed E-state index contributed by atoms with van der Waals surface area (Å²) in [5, 5.41) is 4.26. The lowest BCUT2D eigenvalue weighted by molar-refractivity contribution is -0.141. The summed E-state index contributed by atoms with van der Waals surface area (Å²) in [5.41, 5.74) is 3.53. The number of aryl methyl sites for hydroxylation is 1. The number of hydrogen-bond acceptors (Lipinski definition) is 4. The first kappa shape index (κ1) is 19.5. The van der Waals surface area contributed by atoms with Crippen LogP contribution < -0.4 is 15.0 Å². The smallest absolute Gasteiger partial charge is 0.317 e. The van der Waals surface area contributed by atoms with Gasteiger partial charge in [0.1, 0.15) is 11.3 Å². The Hall–Kier alpha value is -3.15. The SMILES string of the molecule is Cc1ccc2c(c1)[C@@]1(N[C@H](c3ccc(Cl)cc3)[C@H]3C(=O)Oc4ccccc4[C@H]31)C(=O)N2C. The van der Waals surface area contributed by atoms with Crippen molar-refractivity contribution in [2.45, 2.75) is 24.4 Å². The van der Waals surface area contributed by atoms with Gasteiger partial charge in [-0.05, 0) is 36.8 Å². The predicted molar refractivity (Wildman–Crippen MR) is 122 cm³/mol.